The second-order valence-electron chi connectivity index (χ2n) is 8.52. The molecule has 158 valence electrons. The molecule has 0 fully saturated rings. The number of para-hydroxylation sites is 1. The molecule has 7 heteroatoms. The molecular formula is C22H31N3O3S. The van der Waals surface area contributed by atoms with Gasteiger partial charge in [0.2, 0.25) is 10.0 Å². The van der Waals surface area contributed by atoms with Crippen LogP contribution in [0.3, 0.4) is 0 Å². The molecule has 0 aliphatic heterocycles. The van der Waals surface area contributed by atoms with Crippen LogP contribution in [0.4, 0.5) is 5.69 Å². The van der Waals surface area contributed by atoms with Crippen LogP contribution in [0.5, 0.6) is 0 Å². The molecule has 2 aromatic carbocycles. The minimum Gasteiger partial charge on any atom is -0.377 e. The van der Waals surface area contributed by atoms with E-state index in [0.29, 0.717) is 12.1 Å². The predicted octanol–water partition coefficient (Wildman–Crippen LogP) is 3.41. The maximum atomic E-state index is 13.1. The minimum absolute atomic E-state index is 0.0865. The first-order valence-corrected chi connectivity index (χ1v) is 11.0. The van der Waals surface area contributed by atoms with E-state index < -0.39 is 15.6 Å². The molecule has 29 heavy (non-hydrogen) atoms. The summed E-state index contributed by atoms with van der Waals surface area (Å²) in [6, 6.07) is 12.6. The van der Waals surface area contributed by atoms with Gasteiger partial charge in [-0.15, -0.1) is 0 Å². The third kappa shape index (κ3) is 5.81. The molecule has 0 aromatic heterocycles. The Kier molecular flexibility index (Phi) is 6.75. The van der Waals surface area contributed by atoms with E-state index in [9.17, 15) is 13.2 Å². The number of nitrogens with zero attached hydrogens (tertiary/aromatic N) is 2. The van der Waals surface area contributed by atoms with Crippen LogP contribution in [0.15, 0.2) is 47.4 Å². The van der Waals surface area contributed by atoms with Gasteiger partial charge >= 0.3 is 0 Å². The summed E-state index contributed by atoms with van der Waals surface area (Å²) in [4.78, 5) is 16.8. The number of benzene rings is 2. The minimum atomic E-state index is -3.72. The second kappa shape index (κ2) is 8.55. The highest BCUT2D eigenvalue weighted by atomic mass is 32.2. The van der Waals surface area contributed by atoms with Crippen molar-refractivity contribution in [3.63, 3.8) is 0 Å². The lowest BCUT2D eigenvalue weighted by Gasteiger charge is -2.24. The van der Waals surface area contributed by atoms with Crippen LogP contribution in [-0.4, -0.2) is 45.9 Å². The van der Waals surface area contributed by atoms with Crippen molar-refractivity contribution in [3.8, 4) is 0 Å². The van der Waals surface area contributed by atoms with Gasteiger partial charge in [0.05, 0.1) is 4.90 Å². The number of anilines is 1. The molecule has 0 heterocycles. The van der Waals surface area contributed by atoms with E-state index in [2.05, 4.69) is 4.72 Å². The van der Waals surface area contributed by atoms with Gasteiger partial charge in [-0.2, -0.15) is 0 Å². The summed E-state index contributed by atoms with van der Waals surface area (Å²) in [6.07, 6.45) is 0. The number of rotatable bonds is 6. The van der Waals surface area contributed by atoms with Crippen LogP contribution in [0.2, 0.25) is 0 Å². The molecule has 0 bridgehead atoms. The fourth-order valence-corrected chi connectivity index (χ4v) is 4.52. The zero-order chi connectivity index (χ0) is 22.0. The normalized spacial score (nSPS) is 12.0. The van der Waals surface area contributed by atoms with E-state index in [-0.39, 0.29) is 10.8 Å². The molecule has 0 radical (unpaired) electrons. The number of nitrogens with one attached hydrogen (secondary N) is 1. The summed E-state index contributed by atoms with van der Waals surface area (Å²) in [7, 11) is 1.92. The van der Waals surface area contributed by atoms with Gasteiger partial charge in [0.15, 0.2) is 0 Å². The molecule has 1 N–H and O–H groups in total. The summed E-state index contributed by atoms with van der Waals surface area (Å²) in [6.45, 7) is 7.56. The summed E-state index contributed by atoms with van der Waals surface area (Å²) in [5, 5.41) is 0. The Morgan fingerprint density at radius 3 is 2.24 bits per heavy atom. The van der Waals surface area contributed by atoms with Crippen molar-refractivity contribution in [2.24, 2.45) is 0 Å². The lowest BCUT2D eigenvalue weighted by atomic mass is 10.1. The quantitative estimate of drug-likeness (QED) is 0.782. The molecule has 2 rings (SSSR count). The van der Waals surface area contributed by atoms with Crippen molar-refractivity contribution in [2.75, 3.05) is 26.0 Å². The highest BCUT2D eigenvalue weighted by Crippen LogP contribution is 2.22. The van der Waals surface area contributed by atoms with Crippen molar-refractivity contribution in [1.82, 2.24) is 9.62 Å². The Balaban J connectivity index is 2.34. The molecular weight excluding hydrogens is 386 g/mol. The predicted molar refractivity (Wildman–Crippen MR) is 118 cm³/mol. The number of amides is 1. The molecule has 0 saturated carbocycles. The van der Waals surface area contributed by atoms with E-state index >= 15 is 0 Å². The number of hydrogen-bond donors (Lipinski definition) is 1. The maximum absolute atomic E-state index is 13.1. The molecule has 6 nitrogen and oxygen atoms in total. The van der Waals surface area contributed by atoms with E-state index in [1.807, 2.05) is 50.2 Å². The van der Waals surface area contributed by atoms with E-state index in [0.717, 1.165) is 16.8 Å². The van der Waals surface area contributed by atoms with Gasteiger partial charge in [0, 0.05) is 44.5 Å². The van der Waals surface area contributed by atoms with Gasteiger partial charge < -0.3 is 9.80 Å². The van der Waals surface area contributed by atoms with E-state index in [4.69, 9.17) is 0 Å². The summed E-state index contributed by atoms with van der Waals surface area (Å²) < 4.78 is 28.0. The van der Waals surface area contributed by atoms with Gasteiger partial charge in [-0.1, -0.05) is 24.3 Å². The Labute approximate surface area is 174 Å². The van der Waals surface area contributed by atoms with E-state index in [1.165, 1.54) is 12.1 Å². The van der Waals surface area contributed by atoms with Crippen molar-refractivity contribution in [3.05, 3.63) is 59.2 Å². The lowest BCUT2D eigenvalue weighted by Crippen LogP contribution is -2.40. The van der Waals surface area contributed by atoms with Crippen LogP contribution >= 0.6 is 0 Å². The van der Waals surface area contributed by atoms with Gasteiger partial charge in [0.1, 0.15) is 0 Å². The maximum Gasteiger partial charge on any atom is 0.254 e. The Morgan fingerprint density at radius 2 is 1.66 bits per heavy atom. The third-order valence-electron chi connectivity index (χ3n) is 4.42. The summed E-state index contributed by atoms with van der Waals surface area (Å²) >= 11 is 0. The Morgan fingerprint density at radius 1 is 1.03 bits per heavy atom. The zero-order valence-corrected chi connectivity index (χ0v) is 19.1. The smallest absolute Gasteiger partial charge is 0.254 e. The largest absolute Gasteiger partial charge is 0.377 e. The summed E-state index contributed by atoms with van der Waals surface area (Å²) in [5.41, 5.74) is 2.56. The van der Waals surface area contributed by atoms with Crippen molar-refractivity contribution < 1.29 is 13.2 Å². The first-order valence-electron chi connectivity index (χ1n) is 9.47. The first kappa shape index (κ1) is 22.9. The lowest BCUT2D eigenvalue weighted by molar-refractivity contribution is 0.0784. The van der Waals surface area contributed by atoms with Crippen LogP contribution in [-0.2, 0) is 16.6 Å². The van der Waals surface area contributed by atoms with Crippen molar-refractivity contribution in [1.29, 1.82) is 0 Å². The topological polar surface area (TPSA) is 69.7 Å². The van der Waals surface area contributed by atoms with Gasteiger partial charge in [-0.25, -0.2) is 13.1 Å². The second-order valence-corrected chi connectivity index (χ2v) is 10.2. The molecule has 0 saturated heterocycles. The van der Waals surface area contributed by atoms with Crippen LogP contribution in [0.25, 0.3) is 0 Å². The SMILES string of the molecule is Cc1ccc(S(=O)(=O)NC(C)(C)C)cc1C(=O)N(C)Cc1ccccc1N(C)C. The zero-order valence-electron chi connectivity index (χ0n) is 18.3. The molecule has 0 spiro atoms. The highest BCUT2D eigenvalue weighted by Gasteiger charge is 2.24. The molecule has 0 atom stereocenters. The van der Waals surface area contributed by atoms with Gasteiger partial charge in [-0.05, 0) is 57.0 Å². The number of carbonyl (C=O) groups excluding carboxylic acids is 1. The van der Waals surface area contributed by atoms with Gasteiger partial charge in [-0.3, -0.25) is 4.79 Å². The average molecular weight is 418 g/mol. The van der Waals surface area contributed by atoms with Crippen LogP contribution < -0.4 is 9.62 Å². The van der Waals surface area contributed by atoms with Crippen LogP contribution in [0.1, 0.15) is 42.3 Å². The highest BCUT2D eigenvalue weighted by molar-refractivity contribution is 7.89. The average Bonchev–Trinajstić information content (AvgIpc) is 2.59. The Bertz CT molecular complexity index is 993. The number of aryl methyl sites for hydroxylation is 1. The monoisotopic (exact) mass is 417 g/mol. The Hall–Kier alpha value is -2.38. The van der Waals surface area contributed by atoms with Crippen molar-refractivity contribution >= 4 is 21.6 Å². The third-order valence-corrected chi connectivity index (χ3v) is 6.17. The first-order chi connectivity index (χ1) is 13.3. The van der Waals surface area contributed by atoms with Gasteiger partial charge in [0.25, 0.3) is 5.91 Å². The number of hydrogen-bond acceptors (Lipinski definition) is 4. The molecule has 1 amide bonds. The summed E-state index contributed by atoms with van der Waals surface area (Å²) in [5.74, 6) is -0.219. The molecule has 0 unspecified atom stereocenters. The molecule has 0 aliphatic carbocycles. The number of carbonyl (C=O) groups is 1. The van der Waals surface area contributed by atoms with Crippen LogP contribution in [0, 0.1) is 6.92 Å². The number of sulfonamides is 1. The molecule has 2 aromatic rings. The fraction of sp³-hybridized carbons (Fsp3) is 0.409. The van der Waals surface area contributed by atoms with E-state index in [1.54, 1.807) is 38.8 Å². The van der Waals surface area contributed by atoms with Crippen molar-refractivity contribution in [2.45, 2.75) is 44.7 Å². The fourth-order valence-electron chi connectivity index (χ4n) is 3.07. The standard InChI is InChI=1S/C22H31N3O3S/c1-16-12-13-18(29(27,28)23-22(2,3)4)14-19(16)21(26)25(7)15-17-10-8-9-11-20(17)24(5)6/h8-14,23H,15H2,1-7H3. The molecule has 0 aliphatic rings.